The highest BCUT2D eigenvalue weighted by atomic mass is 127. The van der Waals surface area contributed by atoms with E-state index in [0.717, 1.165) is 62.2 Å². The van der Waals surface area contributed by atoms with Crippen LogP contribution in [0.25, 0.3) is 0 Å². The molecule has 1 heterocycles. The van der Waals surface area contributed by atoms with Crippen molar-refractivity contribution in [1.82, 2.24) is 15.1 Å². The Kier molecular flexibility index (Phi) is 10.9. The van der Waals surface area contributed by atoms with Crippen LogP contribution in [-0.2, 0) is 6.54 Å². The summed E-state index contributed by atoms with van der Waals surface area (Å²) in [5.41, 5.74) is 2.03. The minimum Gasteiger partial charge on any atom is -0.506 e. The summed E-state index contributed by atoms with van der Waals surface area (Å²) in [4.78, 5) is 11.5. The number of hydrogen-bond acceptors (Lipinski definition) is 5. The predicted octanol–water partition coefficient (Wildman–Crippen LogP) is 3.24. The predicted molar refractivity (Wildman–Crippen MR) is 143 cm³/mol. The van der Waals surface area contributed by atoms with Crippen LogP contribution in [-0.4, -0.2) is 80.8 Å². The van der Waals surface area contributed by atoms with Crippen molar-refractivity contribution in [2.75, 3.05) is 64.9 Å². The smallest absolute Gasteiger partial charge is 0.194 e. The van der Waals surface area contributed by atoms with Crippen molar-refractivity contribution in [2.45, 2.75) is 13.5 Å². The average molecular weight is 553 g/mol. The van der Waals surface area contributed by atoms with Crippen LogP contribution < -0.4 is 15.0 Å². The Morgan fingerprint density at radius 2 is 1.84 bits per heavy atom. The number of halogens is 1. The normalized spacial score (nSPS) is 14.3. The van der Waals surface area contributed by atoms with E-state index in [1.807, 2.05) is 44.4 Å². The molecule has 32 heavy (non-hydrogen) atoms. The number of piperazine rings is 1. The summed E-state index contributed by atoms with van der Waals surface area (Å²) in [6.45, 7) is 8.48. The first-order valence-corrected chi connectivity index (χ1v) is 11.0. The molecule has 0 saturated carbocycles. The van der Waals surface area contributed by atoms with Crippen LogP contribution in [0.2, 0.25) is 0 Å². The van der Waals surface area contributed by atoms with Crippen molar-refractivity contribution >= 4 is 35.6 Å². The number of guanidine groups is 1. The maximum absolute atomic E-state index is 10.1. The molecule has 8 heteroatoms. The van der Waals surface area contributed by atoms with Crippen LogP contribution in [0.5, 0.6) is 11.5 Å². The molecule has 0 aliphatic carbocycles. The van der Waals surface area contributed by atoms with Crippen LogP contribution >= 0.6 is 24.0 Å². The molecule has 2 N–H and O–H groups in total. The Labute approximate surface area is 209 Å². The van der Waals surface area contributed by atoms with Crippen LogP contribution in [0.4, 0.5) is 5.69 Å². The van der Waals surface area contributed by atoms with E-state index in [2.05, 4.69) is 39.1 Å². The van der Waals surface area contributed by atoms with Crippen LogP contribution in [0.3, 0.4) is 0 Å². The highest BCUT2D eigenvalue weighted by Crippen LogP contribution is 2.27. The number of rotatable bonds is 8. The second-order valence-electron chi connectivity index (χ2n) is 7.93. The fourth-order valence-corrected chi connectivity index (χ4v) is 3.56. The molecule has 176 valence electrons. The standard InChI is InChI=1S/C24H35N5O2.HI/c1-4-25-24(26-19-20-8-7-9-21(18-20)31-17-16-27(2)3)29-14-12-28(13-15-29)22-10-5-6-11-23(22)30;/h5-11,18,30H,4,12-17,19H2,1-3H3,(H,25,26);1H. The minimum absolute atomic E-state index is 0. The SMILES string of the molecule is CCNC(=NCc1cccc(OCCN(C)C)c1)N1CCN(c2ccccc2O)CC1.I. The number of ether oxygens (including phenoxy) is 1. The lowest BCUT2D eigenvalue weighted by molar-refractivity contribution is 0.261. The number of likely N-dealkylation sites (N-methyl/N-ethyl adjacent to an activating group) is 1. The molecule has 0 unspecified atom stereocenters. The average Bonchev–Trinajstić information content (AvgIpc) is 2.77. The van der Waals surface area contributed by atoms with Gasteiger partial charge in [0.25, 0.3) is 0 Å². The zero-order valence-corrected chi connectivity index (χ0v) is 21.7. The lowest BCUT2D eigenvalue weighted by Crippen LogP contribution is -2.52. The molecule has 0 aromatic heterocycles. The third-order valence-electron chi connectivity index (χ3n) is 5.25. The van der Waals surface area contributed by atoms with Gasteiger partial charge in [-0.1, -0.05) is 24.3 Å². The summed E-state index contributed by atoms with van der Waals surface area (Å²) >= 11 is 0. The van der Waals surface area contributed by atoms with Gasteiger partial charge in [-0.2, -0.15) is 0 Å². The van der Waals surface area contributed by atoms with Crippen molar-refractivity contribution in [3.05, 3.63) is 54.1 Å². The largest absolute Gasteiger partial charge is 0.506 e. The molecule has 0 atom stereocenters. The quantitative estimate of drug-likeness (QED) is 0.298. The number of phenolic OH excluding ortho intramolecular Hbond substituents is 1. The summed E-state index contributed by atoms with van der Waals surface area (Å²) < 4.78 is 5.85. The zero-order valence-electron chi connectivity index (χ0n) is 19.3. The number of nitrogens with zero attached hydrogens (tertiary/aromatic N) is 4. The monoisotopic (exact) mass is 553 g/mol. The van der Waals surface area contributed by atoms with Gasteiger partial charge in [0.2, 0.25) is 0 Å². The van der Waals surface area contributed by atoms with Gasteiger partial charge < -0.3 is 29.9 Å². The van der Waals surface area contributed by atoms with Crippen LogP contribution in [0, 0.1) is 0 Å². The molecule has 1 fully saturated rings. The van der Waals surface area contributed by atoms with E-state index in [-0.39, 0.29) is 24.0 Å². The maximum atomic E-state index is 10.1. The van der Waals surface area contributed by atoms with E-state index in [1.54, 1.807) is 6.07 Å². The topological polar surface area (TPSA) is 63.6 Å². The number of anilines is 1. The first kappa shape index (κ1) is 26.1. The number of aliphatic imine (C=N–C) groups is 1. The van der Waals surface area contributed by atoms with Crippen molar-refractivity contribution in [2.24, 2.45) is 4.99 Å². The molecule has 1 aliphatic heterocycles. The first-order valence-electron chi connectivity index (χ1n) is 11.0. The minimum atomic E-state index is 0. The van der Waals surface area contributed by atoms with Gasteiger partial charge in [0.05, 0.1) is 12.2 Å². The van der Waals surface area contributed by atoms with Gasteiger partial charge in [0.15, 0.2) is 5.96 Å². The fraction of sp³-hybridized carbons (Fsp3) is 0.458. The molecule has 1 saturated heterocycles. The van der Waals surface area contributed by atoms with Gasteiger partial charge in [-0.05, 0) is 50.8 Å². The number of hydrogen-bond donors (Lipinski definition) is 2. The van der Waals surface area contributed by atoms with Crippen molar-refractivity contribution in [3.8, 4) is 11.5 Å². The zero-order chi connectivity index (χ0) is 22.1. The number of aromatic hydroxyl groups is 1. The molecule has 2 aromatic rings. The number of phenols is 1. The van der Waals surface area contributed by atoms with Crippen molar-refractivity contribution < 1.29 is 9.84 Å². The summed E-state index contributed by atoms with van der Waals surface area (Å²) in [7, 11) is 4.08. The third-order valence-corrected chi connectivity index (χ3v) is 5.25. The van der Waals surface area contributed by atoms with Gasteiger partial charge in [-0.3, -0.25) is 0 Å². The molecule has 3 rings (SSSR count). The van der Waals surface area contributed by atoms with Crippen LogP contribution in [0.15, 0.2) is 53.5 Å². The van der Waals surface area contributed by atoms with Gasteiger partial charge in [0, 0.05) is 39.3 Å². The van der Waals surface area contributed by atoms with Gasteiger partial charge >= 0.3 is 0 Å². The van der Waals surface area contributed by atoms with Crippen molar-refractivity contribution in [1.29, 1.82) is 0 Å². The summed E-state index contributed by atoms with van der Waals surface area (Å²) in [5.74, 6) is 2.15. The molecule has 1 aliphatic rings. The molecule has 0 radical (unpaired) electrons. The number of nitrogens with one attached hydrogen (secondary N) is 1. The number of para-hydroxylation sites is 2. The van der Waals surface area contributed by atoms with E-state index in [9.17, 15) is 5.11 Å². The molecule has 0 bridgehead atoms. The summed E-state index contributed by atoms with van der Waals surface area (Å²) in [6, 6.07) is 15.7. The van der Waals surface area contributed by atoms with E-state index >= 15 is 0 Å². The van der Waals surface area contributed by atoms with Gasteiger partial charge in [-0.25, -0.2) is 4.99 Å². The highest BCUT2D eigenvalue weighted by molar-refractivity contribution is 14.0. The van der Waals surface area contributed by atoms with Gasteiger partial charge in [0.1, 0.15) is 18.1 Å². The Hall–Kier alpha value is -2.20. The Bertz CT molecular complexity index is 854. The van der Waals surface area contributed by atoms with Gasteiger partial charge in [-0.15, -0.1) is 24.0 Å². The Balaban J connectivity index is 0.00000363. The van der Waals surface area contributed by atoms with E-state index in [4.69, 9.17) is 9.73 Å². The second-order valence-corrected chi connectivity index (χ2v) is 7.93. The fourth-order valence-electron chi connectivity index (χ4n) is 3.56. The molecule has 2 aromatic carbocycles. The molecular weight excluding hydrogens is 517 g/mol. The van der Waals surface area contributed by atoms with E-state index in [1.165, 1.54) is 0 Å². The van der Waals surface area contributed by atoms with Crippen LogP contribution in [0.1, 0.15) is 12.5 Å². The van der Waals surface area contributed by atoms with E-state index in [0.29, 0.717) is 18.9 Å². The van der Waals surface area contributed by atoms with E-state index < -0.39 is 0 Å². The molecular formula is C24H36IN5O2. The summed E-state index contributed by atoms with van der Waals surface area (Å²) in [5, 5.41) is 13.6. The lowest BCUT2D eigenvalue weighted by atomic mass is 10.2. The number of benzene rings is 2. The first-order chi connectivity index (χ1) is 15.1. The lowest BCUT2D eigenvalue weighted by Gasteiger charge is -2.37. The Morgan fingerprint density at radius 3 is 2.53 bits per heavy atom. The second kappa shape index (κ2) is 13.4. The molecule has 7 nitrogen and oxygen atoms in total. The third kappa shape index (κ3) is 7.74. The van der Waals surface area contributed by atoms with Crippen molar-refractivity contribution in [3.63, 3.8) is 0 Å². The molecule has 0 amide bonds. The Morgan fingerprint density at radius 1 is 1.09 bits per heavy atom. The molecule has 0 spiro atoms. The highest BCUT2D eigenvalue weighted by Gasteiger charge is 2.21. The summed E-state index contributed by atoms with van der Waals surface area (Å²) in [6.07, 6.45) is 0. The maximum Gasteiger partial charge on any atom is 0.194 e.